The molecular weight excluding hydrogens is 390 g/mol. The Morgan fingerprint density at radius 3 is 2.83 bits per heavy atom. The van der Waals surface area contributed by atoms with E-state index in [1.54, 1.807) is 16.8 Å². The number of ether oxygens (including phenoxy) is 1. The molecule has 5 heterocycles. The zero-order valence-corrected chi connectivity index (χ0v) is 16.8. The lowest BCUT2D eigenvalue weighted by Gasteiger charge is -2.27. The minimum absolute atomic E-state index is 0.258. The van der Waals surface area contributed by atoms with E-state index in [4.69, 9.17) is 16.3 Å². The van der Waals surface area contributed by atoms with Gasteiger partial charge in [0.1, 0.15) is 22.6 Å². The van der Waals surface area contributed by atoms with Crippen LogP contribution in [0.1, 0.15) is 30.5 Å². The van der Waals surface area contributed by atoms with Crippen molar-refractivity contribution in [3.8, 4) is 17.1 Å². The minimum Gasteiger partial charge on any atom is -0.469 e. The fraction of sp³-hybridized carbons (Fsp3) is 0.300. The van der Waals surface area contributed by atoms with Gasteiger partial charge < -0.3 is 10.1 Å². The van der Waals surface area contributed by atoms with Crippen molar-refractivity contribution >= 4 is 17.2 Å². The van der Waals surface area contributed by atoms with Crippen LogP contribution in [0, 0.1) is 6.92 Å². The number of nitrogens with zero attached hydrogens (tertiary/aromatic N) is 6. The third-order valence-corrected chi connectivity index (χ3v) is 5.51. The van der Waals surface area contributed by atoms with Crippen molar-refractivity contribution in [3.63, 3.8) is 0 Å². The van der Waals surface area contributed by atoms with E-state index in [1.165, 1.54) is 0 Å². The van der Waals surface area contributed by atoms with E-state index in [0.717, 1.165) is 35.7 Å². The first kappa shape index (κ1) is 18.1. The molecule has 0 radical (unpaired) electrons. The van der Waals surface area contributed by atoms with Crippen molar-refractivity contribution < 1.29 is 4.74 Å². The van der Waals surface area contributed by atoms with Crippen LogP contribution in [0.5, 0.6) is 5.88 Å². The molecule has 0 aromatic carbocycles. The van der Waals surface area contributed by atoms with Crippen LogP contribution in [0.25, 0.3) is 16.9 Å². The normalized spacial score (nSPS) is 15.4. The van der Waals surface area contributed by atoms with Crippen LogP contribution in [0.4, 0.5) is 0 Å². The summed E-state index contributed by atoms with van der Waals surface area (Å²) in [6.45, 7) is 5.81. The van der Waals surface area contributed by atoms with Crippen molar-refractivity contribution in [2.75, 3.05) is 13.1 Å². The van der Waals surface area contributed by atoms with E-state index >= 15 is 0 Å². The highest BCUT2D eigenvalue weighted by Gasteiger charge is 2.24. The Morgan fingerprint density at radius 2 is 2.10 bits per heavy atom. The van der Waals surface area contributed by atoms with Crippen LogP contribution in [-0.4, -0.2) is 42.5 Å². The lowest BCUT2D eigenvalue weighted by atomic mass is 10.1. The SMILES string of the molecule is Cc1c(-c2cc(O[C@H](C)c3ccccn3)n3c(Cl)cnc3c2)nnn1C1CNC1. The zero-order valence-electron chi connectivity index (χ0n) is 16.1. The highest BCUT2D eigenvalue weighted by molar-refractivity contribution is 6.29. The van der Waals surface area contributed by atoms with Gasteiger partial charge in [-0.15, -0.1) is 5.10 Å². The Kier molecular flexibility index (Phi) is 4.44. The maximum Gasteiger partial charge on any atom is 0.201 e. The predicted octanol–water partition coefficient (Wildman–Crippen LogP) is 3.23. The molecule has 1 aliphatic rings. The maximum absolute atomic E-state index is 6.37. The minimum atomic E-state index is -0.258. The number of nitrogens with one attached hydrogen (secondary N) is 1. The lowest BCUT2D eigenvalue weighted by molar-refractivity contribution is 0.210. The highest BCUT2D eigenvalue weighted by Crippen LogP contribution is 2.32. The average Bonchev–Trinajstić information content (AvgIpc) is 3.25. The van der Waals surface area contributed by atoms with Gasteiger partial charge in [0.15, 0.2) is 0 Å². The quantitative estimate of drug-likeness (QED) is 0.545. The molecule has 1 N–H and O–H groups in total. The molecule has 8 nitrogen and oxygen atoms in total. The fourth-order valence-electron chi connectivity index (χ4n) is 3.52. The molecule has 4 aromatic rings. The maximum atomic E-state index is 6.37. The molecule has 1 aliphatic heterocycles. The number of halogens is 1. The van der Waals surface area contributed by atoms with Gasteiger partial charge in [-0.3, -0.25) is 9.38 Å². The lowest BCUT2D eigenvalue weighted by Crippen LogP contribution is -2.44. The van der Waals surface area contributed by atoms with Crippen LogP contribution in [0.15, 0.2) is 42.7 Å². The van der Waals surface area contributed by atoms with Gasteiger partial charge in [0.05, 0.1) is 23.6 Å². The first-order valence-electron chi connectivity index (χ1n) is 9.49. The molecule has 0 saturated carbocycles. The number of imidazole rings is 1. The summed E-state index contributed by atoms with van der Waals surface area (Å²) < 4.78 is 10.0. The second-order valence-corrected chi connectivity index (χ2v) is 7.54. The van der Waals surface area contributed by atoms with Crippen molar-refractivity contribution in [1.82, 2.24) is 34.7 Å². The van der Waals surface area contributed by atoms with Gasteiger partial charge in [0.25, 0.3) is 0 Å². The highest BCUT2D eigenvalue weighted by atomic mass is 35.5. The summed E-state index contributed by atoms with van der Waals surface area (Å²) in [4.78, 5) is 8.80. The van der Waals surface area contributed by atoms with Gasteiger partial charge in [0, 0.05) is 30.9 Å². The second kappa shape index (κ2) is 7.13. The third-order valence-electron chi connectivity index (χ3n) is 5.24. The summed E-state index contributed by atoms with van der Waals surface area (Å²) >= 11 is 6.37. The third kappa shape index (κ3) is 3.14. The van der Waals surface area contributed by atoms with Crippen LogP contribution < -0.4 is 10.1 Å². The number of hydrogen-bond donors (Lipinski definition) is 1. The topological polar surface area (TPSA) is 82.2 Å². The summed E-state index contributed by atoms with van der Waals surface area (Å²) in [6, 6.07) is 9.98. The standard InChI is InChI=1S/C20H20ClN7O/c1-12-20(25-26-28(12)15-9-22-10-15)14-7-18-24-11-17(21)27(18)19(8-14)29-13(2)16-5-3-4-6-23-16/h3-8,11,13,15,22H,9-10H2,1-2H3/t13-/m1/s1. The Bertz CT molecular complexity index is 1170. The van der Waals surface area contributed by atoms with Gasteiger partial charge in [-0.2, -0.15) is 0 Å². The Balaban J connectivity index is 1.57. The molecule has 4 aromatic heterocycles. The van der Waals surface area contributed by atoms with Gasteiger partial charge in [-0.25, -0.2) is 9.67 Å². The number of pyridine rings is 2. The number of aromatic nitrogens is 6. The van der Waals surface area contributed by atoms with Gasteiger partial charge in [-0.1, -0.05) is 22.9 Å². The molecular formula is C20H20ClN7O. The molecule has 0 amide bonds. The number of fused-ring (bicyclic) bond motifs is 1. The molecule has 1 atom stereocenters. The average molecular weight is 410 g/mol. The van der Waals surface area contributed by atoms with Crippen LogP contribution in [-0.2, 0) is 0 Å². The summed E-state index contributed by atoms with van der Waals surface area (Å²) in [6.07, 6.45) is 3.11. The van der Waals surface area contributed by atoms with Gasteiger partial charge in [-0.05, 0) is 32.0 Å². The van der Waals surface area contributed by atoms with E-state index in [0.29, 0.717) is 22.7 Å². The monoisotopic (exact) mass is 409 g/mol. The van der Waals surface area contributed by atoms with Gasteiger partial charge >= 0.3 is 0 Å². The van der Waals surface area contributed by atoms with Crippen LogP contribution in [0.2, 0.25) is 5.15 Å². The Hall–Kier alpha value is -2.97. The molecule has 9 heteroatoms. The Labute approximate surface area is 172 Å². The molecule has 0 bridgehead atoms. The predicted molar refractivity (Wildman–Crippen MR) is 109 cm³/mol. The number of hydrogen-bond acceptors (Lipinski definition) is 6. The molecule has 148 valence electrons. The van der Waals surface area contributed by atoms with E-state index < -0.39 is 0 Å². The fourth-order valence-corrected chi connectivity index (χ4v) is 3.74. The molecule has 0 spiro atoms. The van der Waals surface area contributed by atoms with Crippen molar-refractivity contribution in [3.05, 3.63) is 59.3 Å². The van der Waals surface area contributed by atoms with E-state index in [-0.39, 0.29) is 6.10 Å². The molecule has 5 rings (SSSR count). The van der Waals surface area contributed by atoms with Crippen LogP contribution >= 0.6 is 11.6 Å². The molecule has 29 heavy (non-hydrogen) atoms. The summed E-state index contributed by atoms with van der Waals surface area (Å²) in [5.74, 6) is 0.581. The summed E-state index contributed by atoms with van der Waals surface area (Å²) in [7, 11) is 0. The molecule has 0 unspecified atom stereocenters. The van der Waals surface area contributed by atoms with Gasteiger partial charge in [0.2, 0.25) is 5.88 Å². The first-order chi connectivity index (χ1) is 14.1. The molecule has 1 fully saturated rings. The number of rotatable bonds is 5. The van der Waals surface area contributed by atoms with E-state index in [1.807, 2.05) is 48.9 Å². The van der Waals surface area contributed by atoms with E-state index in [9.17, 15) is 0 Å². The summed E-state index contributed by atoms with van der Waals surface area (Å²) in [5.41, 5.74) is 4.24. The second-order valence-electron chi connectivity index (χ2n) is 7.15. The molecule has 1 saturated heterocycles. The van der Waals surface area contributed by atoms with Crippen molar-refractivity contribution in [2.45, 2.75) is 26.0 Å². The summed E-state index contributed by atoms with van der Waals surface area (Å²) in [5, 5.41) is 12.5. The smallest absolute Gasteiger partial charge is 0.201 e. The zero-order chi connectivity index (χ0) is 20.0. The van der Waals surface area contributed by atoms with Crippen molar-refractivity contribution in [1.29, 1.82) is 0 Å². The Morgan fingerprint density at radius 1 is 1.24 bits per heavy atom. The van der Waals surface area contributed by atoms with Crippen LogP contribution in [0.3, 0.4) is 0 Å². The largest absolute Gasteiger partial charge is 0.469 e. The van der Waals surface area contributed by atoms with E-state index in [2.05, 4.69) is 25.6 Å². The first-order valence-corrected chi connectivity index (χ1v) is 9.87. The van der Waals surface area contributed by atoms with Crippen molar-refractivity contribution in [2.24, 2.45) is 0 Å². The molecule has 0 aliphatic carbocycles.